The van der Waals surface area contributed by atoms with E-state index in [0.717, 1.165) is 21.3 Å². The Morgan fingerprint density at radius 2 is 1.79 bits per heavy atom. The van der Waals surface area contributed by atoms with Crippen LogP contribution in [0.15, 0.2) is 82.9 Å². The van der Waals surface area contributed by atoms with Crippen LogP contribution in [0.1, 0.15) is 27.0 Å². The fraction of sp³-hybridized carbons (Fsp3) is 0.154. The molecule has 0 atom stereocenters. The number of ether oxygens (including phenoxy) is 3. The fourth-order valence-corrected chi connectivity index (χ4v) is 3.38. The Bertz CT molecular complexity index is 1140. The summed E-state index contributed by atoms with van der Waals surface area (Å²) in [6.07, 6.45) is 3.20. The van der Waals surface area contributed by atoms with Crippen LogP contribution in [-0.2, 0) is 6.61 Å². The van der Waals surface area contributed by atoms with Gasteiger partial charge in [-0.2, -0.15) is 5.10 Å². The molecule has 7 heteroatoms. The molecule has 0 aliphatic rings. The first-order valence-electron chi connectivity index (χ1n) is 10.2. The maximum Gasteiger partial charge on any atom is 0.271 e. The van der Waals surface area contributed by atoms with Crippen molar-refractivity contribution in [1.82, 2.24) is 5.43 Å². The molecule has 0 radical (unpaired) electrons. The molecule has 3 aromatic rings. The van der Waals surface area contributed by atoms with E-state index >= 15 is 0 Å². The number of benzene rings is 3. The molecule has 0 heterocycles. The Kier molecular flexibility index (Phi) is 8.66. The van der Waals surface area contributed by atoms with Crippen LogP contribution in [0.4, 0.5) is 0 Å². The lowest BCUT2D eigenvalue weighted by atomic mass is 10.2. The van der Waals surface area contributed by atoms with Crippen LogP contribution in [0.3, 0.4) is 0 Å². The number of hydrogen-bond acceptors (Lipinski definition) is 5. The van der Waals surface area contributed by atoms with Crippen LogP contribution >= 0.6 is 15.9 Å². The minimum atomic E-state index is -0.364. The second-order valence-electron chi connectivity index (χ2n) is 7.13. The molecule has 0 unspecified atom stereocenters. The van der Waals surface area contributed by atoms with Crippen LogP contribution in [0.5, 0.6) is 17.2 Å². The highest BCUT2D eigenvalue weighted by molar-refractivity contribution is 9.10. The van der Waals surface area contributed by atoms with Crippen molar-refractivity contribution in [3.05, 3.63) is 100 Å². The molecule has 170 valence electrons. The normalized spacial score (nSPS) is 10.6. The first-order valence-corrected chi connectivity index (χ1v) is 11.0. The summed E-state index contributed by atoms with van der Waals surface area (Å²) in [5.74, 6) is 1.35. The number of carbonyl (C=O) groups is 1. The first kappa shape index (κ1) is 24.1. The quantitative estimate of drug-likeness (QED) is 0.217. The Hall–Kier alpha value is -3.58. The maximum absolute atomic E-state index is 12.4. The maximum atomic E-state index is 12.4. The van der Waals surface area contributed by atoms with E-state index in [9.17, 15) is 4.79 Å². The molecule has 6 nitrogen and oxygen atoms in total. The number of hydrazone groups is 1. The van der Waals surface area contributed by atoms with E-state index in [2.05, 4.69) is 52.1 Å². The third-order valence-corrected chi connectivity index (χ3v) is 5.25. The Balaban J connectivity index is 1.58. The third kappa shape index (κ3) is 6.95. The minimum Gasteiger partial charge on any atom is -0.493 e. The van der Waals surface area contributed by atoms with E-state index in [1.165, 1.54) is 12.7 Å². The van der Waals surface area contributed by atoms with Gasteiger partial charge in [-0.1, -0.05) is 42.5 Å². The van der Waals surface area contributed by atoms with Gasteiger partial charge in [0.05, 0.1) is 17.8 Å². The van der Waals surface area contributed by atoms with Gasteiger partial charge in [-0.15, -0.1) is 0 Å². The van der Waals surface area contributed by atoms with Crippen molar-refractivity contribution in [3.8, 4) is 17.2 Å². The zero-order chi connectivity index (χ0) is 23.6. The lowest BCUT2D eigenvalue weighted by Crippen LogP contribution is -2.17. The van der Waals surface area contributed by atoms with Gasteiger partial charge in [0.25, 0.3) is 5.91 Å². The molecular formula is C26H25BrN2O4. The highest BCUT2D eigenvalue weighted by Gasteiger charge is 2.10. The number of halogens is 1. The molecule has 33 heavy (non-hydrogen) atoms. The topological polar surface area (TPSA) is 69.2 Å². The highest BCUT2D eigenvalue weighted by Crippen LogP contribution is 2.28. The van der Waals surface area contributed by atoms with Gasteiger partial charge in [-0.25, -0.2) is 5.43 Å². The monoisotopic (exact) mass is 508 g/mol. The predicted molar refractivity (Wildman–Crippen MR) is 133 cm³/mol. The number of carbonyl (C=O) groups excluding carboxylic acids is 1. The second kappa shape index (κ2) is 11.9. The van der Waals surface area contributed by atoms with Gasteiger partial charge in [0, 0.05) is 5.56 Å². The Morgan fingerprint density at radius 1 is 1.03 bits per heavy atom. The smallest absolute Gasteiger partial charge is 0.271 e. The molecule has 3 aromatic carbocycles. The molecule has 1 amide bonds. The SMILES string of the molecule is C=CCOc1ccc(C(=O)N/N=C/c2ccc(OCc3ccc(C)cc3)c(Br)c2)cc1OC. The number of hydrogen-bond donors (Lipinski definition) is 1. The fourth-order valence-electron chi connectivity index (χ4n) is 2.87. The summed E-state index contributed by atoms with van der Waals surface area (Å²) >= 11 is 3.52. The molecule has 3 rings (SSSR count). The number of amides is 1. The third-order valence-electron chi connectivity index (χ3n) is 4.63. The van der Waals surface area contributed by atoms with Crippen LogP contribution < -0.4 is 19.6 Å². The van der Waals surface area contributed by atoms with Gasteiger partial charge < -0.3 is 14.2 Å². The zero-order valence-electron chi connectivity index (χ0n) is 18.5. The van der Waals surface area contributed by atoms with E-state index in [1.54, 1.807) is 30.5 Å². The Morgan fingerprint density at radius 3 is 2.48 bits per heavy atom. The molecule has 0 bridgehead atoms. The summed E-state index contributed by atoms with van der Waals surface area (Å²) in [6, 6.07) is 18.7. The van der Waals surface area contributed by atoms with E-state index in [-0.39, 0.29) is 5.91 Å². The number of nitrogens with zero attached hydrogens (tertiary/aromatic N) is 1. The molecule has 0 aromatic heterocycles. The Labute approximate surface area is 202 Å². The van der Waals surface area contributed by atoms with Crippen LogP contribution in [0, 0.1) is 6.92 Å². The van der Waals surface area contributed by atoms with E-state index in [4.69, 9.17) is 14.2 Å². The average Bonchev–Trinajstić information content (AvgIpc) is 2.83. The van der Waals surface area contributed by atoms with Crippen molar-refractivity contribution in [2.75, 3.05) is 13.7 Å². The average molecular weight is 509 g/mol. The number of methoxy groups -OCH3 is 1. The number of aryl methyl sites for hydroxylation is 1. The van der Waals surface area contributed by atoms with Gasteiger partial charge in [-0.3, -0.25) is 4.79 Å². The molecule has 0 spiro atoms. The first-order chi connectivity index (χ1) is 16.0. The van der Waals surface area contributed by atoms with Crippen molar-refractivity contribution >= 4 is 28.1 Å². The molecular weight excluding hydrogens is 484 g/mol. The van der Waals surface area contributed by atoms with Gasteiger partial charge in [-0.05, 0) is 70.4 Å². The van der Waals surface area contributed by atoms with Crippen molar-refractivity contribution in [2.45, 2.75) is 13.5 Å². The van der Waals surface area contributed by atoms with Crippen molar-refractivity contribution in [3.63, 3.8) is 0 Å². The summed E-state index contributed by atoms with van der Waals surface area (Å²) in [5.41, 5.74) is 6.03. The largest absolute Gasteiger partial charge is 0.493 e. The summed E-state index contributed by atoms with van der Waals surface area (Å²) < 4.78 is 17.5. The van der Waals surface area contributed by atoms with Gasteiger partial charge >= 0.3 is 0 Å². The van der Waals surface area contributed by atoms with E-state index in [0.29, 0.717) is 30.3 Å². The standard InChI is InChI=1S/C26H25BrN2O4/c1-4-13-32-24-12-10-21(15-25(24)31-3)26(30)29-28-16-20-9-11-23(22(27)14-20)33-17-19-7-5-18(2)6-8-19/h4-12,14-16H,1,13,17H2,2-3H3,(H,29,30)/b28-16+. The zero-order valence-corrected chi connectivity index (χ0v) is 20.1. The summed E-state index contributed by atoms with van der Waals surface area (Å²) in [4.78, 5) is 12.4. The van der Waals surface area contributed by atoms with Crippen molar-refractivity contribution in [2.24, 2.45) is 5.10 Å². The number of nitrogens with one attached hydrogen (secondary N) is 1. The second-order valence-corrected chi connectivity index (χ2v) is 7.98. The highest BCUT2D eigenvalue weighted by atomic mass is 79.9. The lowest BCUT2D eigenvalue weighted by molar-refractivity contribution is 0.0954. The van der Waals surface area contributed by atoms with E-state index in [1.807, 2.05) is 30.3 Å². The summed E-state index contributed by atoms with van der Waals surface area (Å²) in [5, 5.41) is 4.05. The van der Waals surface area contributed by atoms with Gasteiger partial charge in [0.1, 0.15) is 19.0 Å². The summed E-state index contributed by atoms with van der Waals surface area (Å²) in [7, 11) is 1.52. The van der Waals surface area contributed by atoms with E-state index < -0.39 is 0 Å². The van der Waals surface area contributed by atoms with Gasteiger partial charge in [0.2, 0.25) is 0 Å². The van der Waals surface area contributed by atoms with Crippen molar-refractivity contribution in [1.29, 1.82) is 0 Å². The molecule has 0 saturated heterocycles. The molecule has 0 aliphatic carbocycles. The molecule has 0 fully saturated rings. The summed E-state index contributed by atoms with van der Waals surface area (Å²) in [6.45, 7) is 6.49. The number of rotatable bonds is 10. The van der Waals surface area contributed by atoms with Crippen LogP contribution in [0.25, 0.3) is 0 Å². The van der Waals surface area contributed by atoms with Crippen LogP contribution in [-0.4, -0.2) is 25.8 Å². The van der Waals surface area contributed by atoms with Crippen molar-refractivity contribution < 1.29 is 19.0 Å². The molecule has 0 saturated carbocycles. The lowest BCUT2D eigenvalue weighted by Gasteiger charge is -2.10. The minimum absolute atomic E-state index is 0.345. The molecule has 1 N–H and O–H groups in total. The van der Waals surface area contributed by atoms with Gasteiger partial charge in [0.15, 0.2) is 11.5 Å². The predicted octanol–water partition coefficient (Wildman–Crippen LogP) is 5.67. The molecule has 0 aliphatic heterocycles. The van der Waals surface area contributed by atoms with Crippen LogP contribution in [0.2, 0.25) is 0 Å².